The summed E-state index contributed by atoms with van der Waals surface area (Å²) in [6, 6.07) is 9.19. The fourth-order valence-electron chi connectivity index (χ4n) is 3.06. The lowest BCUT2D eigenvalue weighted by atomic mass is 10.0. The van der Waals surface area contributed by atoms with Crippen molar-refractivity contribution < 1.29 is 14.3 Å². The summed E-state index contributed by atoms with van der Waals surface area (Å²) in [5.74, 6) is -0.291. The van der Waals surface area contributed by atoms with E-state index in [9.17, 15) is 9.59 Å². The average Bonchev–Trinajstić information content (AvgIpc) is 2.73. The van der Waals surface area contributed by atoms with Gasteiger partial charge in [0.2, 0.25) is 0 Å². The monoisotopic (exact) mass is 347 g/mol. The highest BCUT2D eigenvalue weighted by Gasteiger charge is 2.31. The topological polar surface area (TPSA) is 61.9 Å². The van der Waals surface area contributed by atoms with Gasteiger partial charge in [0.25, 0.3) is 5.91 Å². The number of rotatable bonds is 7. The lowest BCUT2D eigenvalue weighted by Gasteiger charge is -2.29. The Hall–Kier alpha value is -1.92. The first-order valence-electron chi connectivity index (χ1n) is 8.98. The molecule has 0 saturated carbocycles. The fraction of sp³-hybridized carbons (Fsp3) is 0.579. The number of aryl methyl sites for hydroxylation is 1. The van der Waals surface area contributed by atoms with E-state index in [1.807, 2.05) is 42.4 Å². The van der Waals surface area contributed by atoms with Gasteiger partial charge >= 0.3 is 5.97 Å². The van der Waals surface area contributed by atoms with Gasteiger partial charge in [0.05, 0.1) is 12.6 Å². The van der Waals surface area contributed by atoms with Crippen molar-refractivity contribution in [1.82, 2.24) is 15.3 Å². The Balaban J connectivity index is 2.04. The first-order chi connectivity index (χ1) is 12.0. The second-order valence-corrected chi connectivity index (χ2v) is 6.43. The molecule has 1 aliphatic rings. The van der Waals surface area contributed by atoms with Crippen LogP contribution in [0.3, 0.4) is 0 Å². The van der Waals surface area contributed by atoms with Crippen LogP contribution >= 0.6 is 0 Å². The van der Waals surface area contributed by atoms with E-state index in [1.54, 1.807) is 19.0 Å². The second-order valence-electron chi connectivity index (χ2n) is 6.43. The molecule has 1 aromatic carbocycles. The van der Waals surface area contributed by atoms with Gasteiger partial charge in [-0.15, -0.1) is 0 Å². The number of hydrogen-bond donors (Lipinski definition) is 1. The summed E-state index contributed by atoms with van der Waals surface area (Å²) in [4.78, 5) is 25.0. The molecule has 0 radical (unpaired) electrons. The molecule has 1 fully saturated rings. The van der Waals surface area contributed by atoms with Crippen molar-refractivity contribution in [1.29, 1.82) is 0 Å². The third-order valence-corrected chi connectivity index (χ3v) is 4.64. The van der Waals surface area contributed by atoms with Crippen LogP contribution in [0, 0.1) is 0 Å². The Morgan fingerprint density at radius 2 is 2.04 bits per heavy atom. The van der Waals surface area contributed by atoms with Gasteiger partial charge in [-0.1, -0.05) is 30.3 Å². The van der Waals surface area contributed by atoms with E-state index in [-0.39, 0.29) is 17.9 Å². The third-order valence-electron chi connectivity index (χ3n) is 4.64. The summed E-state index contributed by atoms with van der Waals surface area (Å²) in [5.41, 5.74) is 1.17. The number of hydrazine groups is 1. The van der Waals surface area contributed by atoms with Crippen LogP contribution in [0.1, 0.15) is 31.7 Å². The summed E-state index contributed by atoms with van der Waals surface area (Å²) in [6.07, 6.45) is 2.98. The van der Waals surface area contributed by atoms with Crippen molar-refractivity contribution in [3.63, 3.8) is 0 Å². The highest BCUT2D eigenvalue weighted by atomic mass is 16.5. The minimum atomic E-state index is -0.481. The number of benzene rings is 1. The highest BCUT2D eigenvalue weighted by molar-refractivity contribution is 5.83. The summed E-state index contributed by atoms with van der Waals surface area (Å²) in [5, 5.41) is 6.80. The number of likely N-dealkylation sites (N-methyl/N-ethyl adjacent to an activating group) is 1. The predicted octanol–water partition coefficient (Wildman–Crippen LogP) is 1.61. The van der Waals surface area contributed by atoms with E-state index in [2.05, 4.69) is 5.32 Å². The third kappa shape index (κ3) is 5.54. The first-order valence-corrected chi connectivity index (χ1v) is 8.98. The van der Waals surface area contributed by atoms with Crippen molar-refractivity contribution in [2.75, 3.05) is 27.2 Å². The first kappa shape index (κ1) is 19.4. The molecular formula is C19H29N3O3. The zero-order chi connectivity index (χ0) is 18.2. The Morgan fingerprint density at radius 3 is 2.72 bits per heavy atom. The standard InChI is InChI=1S/C19H29N3O3/c1-4-25-19(24)17(13-12-15-9-6-5-7-10-15)20-16-11-8-14-21(2)22(3)18(16)23/h5-7,9-10,16-17,20H,4,8,11-14H2,1-3H3/t16-,17-/m0/s1. The molecule has 1 aliphatic heterocycles. The van der Waals surface area contributed by atoms with E-state index in [0.717, 1.165) is 25.8 Å². The second kappa shape index (κ2) is 9.53. The van der Waals surface area contributed by atoms with E-state index >= 15 is 0 Å². The molecule has 0 spiro atoms. The molecular weight excluding hydrogens is 318 g/mol. The average molecular weight is 347 g/mol. The van der Waals surface area contributed by atoms with E-state index in [1.165, 1.54) is 5.56 Å². The molecule has 0 unspecified atom stereocenters. The van der Waals surface area contributed by atoms with Gasteiger partial charge in [-0.3, -0.25) is 19.9 Å². The Kier molecular flexibility index (Phi) is 7.40. The number of nitrogens with zero attached hydrogens (tertiary/aromatic N) is 2. The van der Waals surface area contributed by atoms with Crippen molar-refractivity contribution in [3.05, 3.63) is 35.9 Å². The summed E-state index contributed by atoms with van der Waals surface area (Å²) < 4.78 is 5.21. The number of ether oxygens (including phenoxy) is 1. The molecule has 25 heavy (non-hydrogen) atoms. The molecule has 1 N–H and O–H groups in total. The molecule has 0 aromatic heterocycles. The Bertz CT molecular complexity index is 564. The molecule has 2 rings (SSSR count). The Labute approximate surface area is 150 Å². The normalized spacial score (nSPS) is 20.2. The summed E-state index contributed by atoms with van der Waals surface area (Å²) in [6.45, 7) is 2.96. The van der Waals surface area contributed by atoms with E-state index in [0.29, 0.717) is 13.0 Å². The van der Waals surface area contributed by atoms with Crippen LogP contribution in [0.2, 0.25) is 0 Å². The lowest BCUT2D eigenvalue weighted by molar-refractivity contribution is -0.148. The molecule has 1 saturated heterocycles. The fourth-order valence-corrected chi connectivity index (χ4v) is 3.06. The maximum atomic E-state index is 12.6. The van der Waals surface area contributed by atoms with Crippen molar-refractivity contribution >= 4 is 11.9 Å². The van der Waals surface area contributed by atoms with Crippen molar-refractivity contribution in [2.45, 2.75) is 44.7 Å². The molecule has 1 aromatic rings. The van der Waals surface area contributed by atoms with Crippen molar-refractivity contribution in [3.8, 4) is 0 Å². The van der Waals surface area contributed by atoms with Gasteiger partial charge in [0.1, 0.15) is 6.04 Å². The quantitative estimate of drug-likeness (QED) is 0.759. The van der Waals surface area contributed by atoms with Crippen LogP contribution in [0.25, 0.3) is 0 Å². The maximum Gasteiger partial charge on any atom is 0.323 e. The molecule has 138 valence electrons. The van der Waals surface area contributed by atoms with Crippen LogP contribution in [0.5, 0.6) is 0 Å². The SMILES string of the molecule is CCOC(=O)[C@H](CCc1ccccc1)N[C@H]1CCCN(C)N(C)C1=O. The number of esters is 1. The molecule has 6 nitrogen and oxygen atoms in total. The summed E-state index contributed by atoms with van der Waals surface area (Å²) >= 11 is 0. The van der Waals surface area contributed by atoms with Crippen LogP contribution in [-0.2, 0) is 20.7 Å². The predicted molar refractivity (Wildman–Crippen MR) is 96.7 cm³/mol. The van der Waals surface area contributed by atoms with Crippen molar-refractivity contribution in [2.24, 2.45) is 0 Å². The Morgan fingerprint density at radius 1 is 1.32 bits per heavy atom. The minimum Gasteiger partial charge on any atom is -0.465 e. The van der Waals surface area contributed by atoms with Crippen LogP contribution in [0.4, 0.5) is 0 Å². The number of carbonyl (C=O) groups excluding carboxylic acids is 2. The summed E-state index contributed by atoms with van der Waals surface area (Å²) in [7, 11) is 3.67. The van der Waals surface area contributed by atoms with Gasteiger partial charge in [0.15, 0.2) is 0 Å². The number of carbonyl (C=O) groups is 2. The van der Waals surface area contributed by atoms with E-state index < -0.39 is 6.04 Å². The maximum absolute atomic E-state index is 12.6. The van der Waals surface area contributed by atoms with Crippen LogP contribution < -0.4 is 5.32 Å². The van der Waals surface area contributed by atoms with Gasteiger partial charge in [0, 0.05) is 20.6 Å². The minimum absolute atomic E-state index is 0.00555. The smallest absolute Gasteiger partial charge is 0.323 e. The zero-order valence-electron chi connectivity index (χ0n) is 15.4. The van der Waals surface area contributed by atoms with E-state index in [4.69, 9.17) is 4.74 Å². The largest absolute Gasteiger partial charge is 0.465 e. The van der Waals surface area contributed by atoms with Gasteiger partial charge in [-0.05, 0) is 38.2 Å². The number of hydrogen-bond acceptors (Lipinski definition) is 5. The van der Waals surface area contributed by atoms with Crippen LogP contribution in [-0.4, -0.2) is 61.2 Å². The molecule has 1 heterocycles. The van der Waals surface area contributed by atoms with Gasteiger partial charge < -0.3 is 4.74 Å². The van der Waals surface area contributed by atoms with Crippen LogP contribution in [0.15, 0.2) is 30.3 Å². The zero-order valence-corrected chi connectivity index (χ0v) is 15.4. The molecule has 2 atom stereocenters. The van der Waals surface area contributed by atoms with Gasteiger partial charge in [-0.2, -0.15) is 0 Å². The number of amides is 1. The molecule has 0 aliphatic carbocycles. The lowest BCUT2D eigenvalue weighted by Crippen LogP contribution is -2.53. The highest BCUT2D eigenvalue weighted by Crippen LogP contribution is 2.13. The van der Waals surface area contributed by atoms with Gasteiger partial charge in [-0.25, -0.2) is 5.01 Å². The molecule has 6 heteroatoms. The molecule has 0 bridgehead atoms. The molecule has 1 amide bonds. The number of nitrogens with one attached hydrogen (secondary N) is 1.